The van der Waals surface area contributed by atoms with Gasteiger partial charge >= 0.3 is 0 Å². The van der Waals surface area contributed by atoms with Crippen molar-refractivity contribution in [3.63, 3.8) is 0 Å². The topological polar surface area (TPSA) is 54.4 Å². The van der Waals surface area contributed by atoms with Crippen LogP contribution in [0.1, 0.15) is 28.4 Å². The third kappa shape index (κ3) is 2.28. The van der Waals surface area contributed by atoms with Gasteiger partial charge in [-0.3, -0.25) is 0 Å². The molecule has 0 bridgehead atoms. The Morgan fingerprint density at radius 1 is 1.05 bits per heavy atom. The van der Waals surface area contributed by atoms with E-state index in [0.717, 1.165) is 22.3 Å². The third-order valence-electron chi connectivity index (χ3n) is 4.35. The third-order valence-corrected chi connectivity index (χ3v) is 6.49. The van der Waals surface area contributed by atoms with E-state index in [-0.39, 0.29) is 0 Å². The molecule has 2 atom stereocenters. The fourth-order valence-electron chi connectivity index (χ4n) is 2.88. The number of aryl methyl sites for hydroxylation is 2. The van der Waals surface area contributed by atoms with Gasteiger partial charge in [-0.2, -0.15) is 0 Å². The number of rotatable bonds is 2. The highest BCUT2D eigenvalue weighted by Crippen LogP contribution is 2.37. The highest BCUT2D eigenvalue weighted by molar-refractivity contribution is 7.92. The van der Waals surface area contributed by atoms with E-state index in [0.29, 0.717) is 11.3 Å². The molecule has 110 valence electrons. The maximum atomic E-state index is 12.8. The fourth-order valence-corrected chi connectivity index (χ4v) is 4.72. The molecule has 0 aliphatic heterocycles. The van der Waals surface area contributed by atoms with Crippen LogP contribution in [0.2, 0.25) is 0 Å². The van der Waals surface area contributed by atoms with Crippen LogP contribution in [0.5, 0.6) is 0 Å². The highest BCUT2D eigenvalue weighted by atomic mass is 32.2. The van der Waals surface area contributed by atoms with E-state index in [9.17, 15) is 13.5 Å². The standard InChI is InChI=1S/C17H18O3S/c1-11-7-8-14(9-12(11)2)21(19,20)16-10-13-5-3-4-6-15(13)17(16)18/h3-9,16-18H,10H2,1-2H3. The number of sulfone groups is 1. The summed E-state index contributed by atoms with van der Waals surface area (Å²) in [5.74, 6) is 0. The van der Waals surface area contributed by atoms with Gasteiger partial charge in [0.05, 0.1) is 16.2 Å². The highest BCUT2D eigenvalue weighted by Gasteiger charge is 2.40. The van der Waals surface area contributed by atoms with Gasteiger partial charge in [-0.1, -0.05) is 30.3 Å². The Kier molecular flexibility index (Phi) is 3.38. The van der Waals surface area contributed by atoms with Gasteiger partial charge in [0.1, 0.15) is 0 Å². The van der Waals surface area contributed by atoms with Crippen molar-refractivity contribution < 1.29 is 13.5 Å². The lowest BCUT2D eigenvalue weighted by Gasteiger charge is -2.17. The Labute approximate surface area is 125 Å². The summed E-state index contributed by atoms with van der Waals surface area (Å²) in [5.41, 5.74) is 3.66. The molecular formula is C17H18O3S. The molecule has 0 spiro atoms. The van der Waals surface area contributed by atoms with Crippen LogP contribution < -0.4 is 0 Å². The summed E-state index contributed by atoms with van der Waals surface area (Å²) >= 11 is 0. The van der Waals surface area contributed by atoms with E-state index >= 15 is 0 Å². The molecule has 1 aliphatic carbocycles. The summed E-state index contributed by atoms with van der Waals surface area (Å²) in [7, 11) is -3.54. The molecule has 0 amide bonds. The second kappa shape index (κ2) is 4.97. The molecule has 2 aromatic carbocycles. The molecule has 0 heterocycles. The van der Waals surface area contributed by atoms with Gasteiger partial charge in [-0.25, -0.2) is 8.42 Å². The molecule has 0 saturated heterocycles. The van der Waals surface area contributed by atoms with Gasteiger partial charge in [0.15, 0.2) is 9.84 Å². The molecule has 0 fully saturated rings. The van der Waals surface area contributed by atoms with Crippen molar-refractivity contribution in [2.75, 3.05) is 0 Å². The van der Waals surface area contributed by atoms with E-state index in [2.05, 4.69) is 0 Å². The van der Waals surface area contributed by atoms with Gasteiger partial charge in [-0.05, 0) is 54.7 Å². The van der Waals surface area contributed by atoms with Gasteiger partial charge in [0, 0.05) is 0 Å². The number of hydrogen-bond donors (Lipinski definition) is 1. The summed E-state index contributed by atoms with van der Waals surface area (Å²) in [6.07, 6.45) is -0.583. The number of aliphatic hydroxyl groups excluding tert-OH is 1. The first-order valence-corrected chi connectivity index (χ1v) is 8.53. The first-order valence-electron chi connectivity index (χ1n) is 6.98. The van der Waals surface area contributed by atoms with Gasteiger partial charge < -0.3 is 5.11 Å². The molecule has 0 saturated carbocycles. The van der Waals surface area contributed by atoms with Crippen LogP contribution in [0.15, 0.2) is 47.4 Å². The SMILES string of the molecule is Cc1ccc(S(=O)(=O)C2Cc3ccccc3C2O)cc1C. The van der Waals surface area contributed by atoms with E-state index in [1.807, 2.05) is 38.1 Å². The monoisotopic (exact) mass is 302 g/mol. The lowest BCUT2D eigenvalue weighted by molar-refractivity contribution is 0.182. The molecule has 0 aromatic heterocycles. The lowest BCUT2D eigenvalue weighted by Crippen LogP contribution is -2.26. The molecule has 2 unspecified atom stereocenters. The zero-order chi connectivity index (χ0) is 15.2. The van der Waals surface area contributed by atoms with Crippen molar-refractivity contribution in [2.24, 2.45) is 0 Å². The molecule has 2 aromatic rings. The van der Waals surface area contributed by atoms with Crippen molar-refractivity contribution in [1.29, 1.82) is 0 Å². The van der Waals surface area contributed by atoms with E-state index in [4.69, 9.17) is 0 Å². The molecule has 1 N–H and O–H groups in total. The maximum absolute atomic E-state index is 12.8. The minimum Gasteiger partial charge on any atom is -0.387 e. The van der Waals surface area contributed by atoms with Crippen LogP contribution >= 0.6 is 0 Å². The van der Waals surface area contributed by atoms with Crippen LogP contribution in [0.4, 0.5) is 0 Å². The zero-order valence-corrected chi connectivity index (χ0v) is 12.9. The van der Waals surface area contributed by atoms with E-state index in [1.165, 1.54) is 0 Å². The Hall–Kier alpha value is -1.65. The minimum atomic E-state index is -3.54. The Morgan fingerprint density at radius 2 is 1.76 bits per heavy atom. The molecule has 0 radical (unpaired) electrons. The van der Waals surface area contributed by atoms with Crippen LogP contribution in [-0.4, -0.2) is 18.8 Å². The number of fused-ring (bicyclic) bond motifs is 1. The predicted octanol–water partition coefficient (Wildman–Crippen LogP) is 2.74. The van der Waals surface area contributed by atoms with Crippen LogP contribution in [0.25, 0.3) is 0 Å². The van der Waals surface area contributed by atoms with E-state index < -0.39 is 21.2 Å². The number of benzene rings is 2. The van der Waals surface area contributed by atoms with Gasteiger partial charge in [0.25, 0.3) is 0 Å². The summed E-state index contributed by atoms with van der Waals surface area (Å²) in [4.78, 5) is 0.294. The molecule has 3 rings (SSSR count). The Morgan fingerprint density at radius 3 is 2.43 bits per heavy atom. The largest absolute Gasteiger partial charge is 0.387 e. The number of aliphatic hydroxyl groups is 1. The van der Waals surface area contributed by atoms with Crippen LogP contribution in [-0.2, 0) is 16.3 Å². The second-order valence-electron chi connectivity index (χ2n) is 5.68. The van der Waals surface area contributed by atoms with Crippen molar-refractivity contribution in [2.45, 2.75) is 36.5 Å². The van der Waals surface area contributed by atoms with Crippen LogP contribution in [0.3, 0.4) is 0 Å². The zero-order valence-electron chi connectivity index (χ0n) is 12.1. The summed E-state index contributed by atoms with van der Waals surface area (Å²) in [5, 5.41) is 9.59. The van der Waals surface area contributed by atoms with Crippen molar-refractivity contribution in [3.8, 4) is 0 Å². The first-order chi connectivity index (χ1) is 9.91. The second-order valence-corrected chi connectivity index (χ2v) is 7.84. The summed E-state index contributed by atoms with van der Waals surface area (Å²) in [6, 6.07) is 12.5. The predicted molar refractivity (Wildman–Crippen MR) is 82.0 cm³/mol. The quantitative estimate of drug-likeness (QED) is 0.928. The van der Waals surface area contributed by atoms with Crippen molar-refractivity contribution in [3.05, 3.63) is 64.7 Å². The average Bonchev–Trinajstić information content (AvgIpc) is 2.80. The Bertz CT molecular complexity index is 793. The van der Waals surface area contributed by atoms with Crippen molar-refractivity contribution >= 4 is 9.84 Å². The van der Waals surface area contributed by atoms with Gasteiger partial charge in [-0.15, -0.1) is 0 Å². The van der Waals surface area contributed by atoms with Gasteiger partial charge in [0.2, 0.25) is 0 Å². The maximum Gasteiger partial charge on any atom is 0.184 e. The Balaban J connectivity index is 2.02. The molecule has 1 aliphatic rings. The molecular weight excluding hydrogens is 284 g/mol. The van der Waals surface area contributed by atoms with E-state index in [1.54, 1.807) is 18.2 Å². The fraction of sp³-hybridized carbons (Fsp3) is 0.294. The van der Waals surface area contributed by atoms with Crippen molar-refractivity contribution in [1.82, 2.24) is 0 Å². The first kappa shape index (κ1) is 14.3. The number of hydrogen-bond acceptors (Lipinski definition) is 3. The lowest BCUT2D eigenvalue weighted by atomic mass is 10.1. The minimum absolute atomic E-state index is 0.294. The summed E-state index contributed by atoms with van der Waals surface area (Å²) in [6.45, 7) is 3.85. The smallest absolute Gasteiger partial charge is 0.184 e. The molecule has 21 heavy (non-hydrogen) atoms. The van der Waals surface area contributed by atoms with Crippen LogP contribution in [0, 0.1) is 13.8 Å². The normalized spacial score (nSPS) is 21.3. The summed E-state index contributed by atoms with van der Waals surface area (Å²) < 4.78 is 25.6. The molecule has 3 nitrogen and oxygen atoms in total. The molecule has 4 heteroatoms. The average molecular weight is 302 g/mol.